The average Bonchev–Trinajstić information content (AvgIpc) is 2.74. The number of nitrogens with zero attached hydrogens (tertiary/aromatic N) is 1. The first-order valence-corrected chi connectivity index (χ1v) is 10.4. The Balaban J connectivity index is 1.81. The first kappa shape index (κ1) is 23.1. The first-order valence-electron chi connectivity index (χ1n) is 10.0. The minimum absolute atomic E-state index is 0.120. The molecule has 8 heteroatoms. The number of rotatable bonds is 7. The summed E-state index contributed by atoms with van der Waals surface area (Å²) < 4.78 is 1.46. The number of urea groups is 1. The maximum absolute atomic E-state index is 13.0. The Bertz CT molecular complexity index is 1190. The Morgan fingerprint density at radius 2 is 1.75 bits per heavy atom. The molecule has 3 N–H and O–H groups in total. The molecular formula is C24H24ClN3O4. The van der Waals surface area contributed by atoms with Gasteiger partial charge in [-0.15, -0.1) is 0 Å². The van der Waals surface area contributed by atoms with Crippen molar-refractivity contribution < 1.29 is 14.7 Å². The molecule has 0 aliphatic rings. The molecule has 0 aliphatic heterocycles. The maximum atomic E-state index is 13.0. The summed E-state index contributed by atoms with van der Waals surface area (Å²) in [5.74, 6) is -1.05. The third-order valence-corrected chi connectivity index (χ3v) is 5.44. The number of nitrogens with one attached hydrogen (secondary N) is 2. The van der Waals surface area contributed by atoms with E-state index in [0.717, 1.165) is 11.1 Å². The summed E-state index contributed by atoms with van der Waals surface area (Å²) in [6.45, 7) is 3.88. The molecule has 0 radical (unpaired) electrons. The quantitative estimate of drug-likeness (QED) is 0.490. The highest BCUT2D eigenvalue weighted by Gasteiger charge is 2.19. The second kappa shape index (κ2) is 10.2. The third kappa shape index (κ3) is 5.76. The summed E-state index contributed by atoms with van der Waals surface area (Å²) in [5.41, 5.74) is 2.78. The molecule has 0 fully saturated rings. The van der Waals surface area contributed by atoms with E-state index in [9.17, 15) is 19.5 Å². The van der Waals surface area contributed by atoms with E-state index in [4.69, 9.17) is 11.6 Å². The van der Waals surface area contributed by atoms with Crippen LogP contribution in [0.4, 0.5) is 10.5 Å². The topological polar surface area (TPSA) is 100 Å². The van der Waals surface area contributed by atoms with Crippen LogP contribution in [0.25, 0.3) is 0 Å². The molecule has 1 aromatic heterocycles. The highest BCUT2D eigenvalue weighted by Crippen LogP contribution is 2.19. The molecule has 1 heterocycles. The van der Waals surface area contributed by atoms with Gasteiger partial charge in [-0.2, -0.15) is 0 Å². The van der Waals surface area contributed by atoms with Gasteiger partial charge in [0.1, 0.15) is 5.69 Å². The van der Waals surface area contributed by atoms with Crippen molar-refractivity contribution in [1.82, 2.24) is 9.88 Å². The Morgan fingerprint density at radius 3 is 2.41 bits per heavy atom. The number of hydrogen-bond donors (Lipinski definition) is 3. The number of anilines is 1. The van der Waals surface area contributed by atoms with E-state index in [-0.39, 0.29) is 24.2 Å². The van der Waals surface area contributed by atoms with Crippen LogP contribution in [0.15, 0.2) is 65.6 Å². The molecule has 0 saturated heterocycles. The van der Waals surface area contributed by atoms with Crippen molar-refractivity contribution in [3.8, 4) is 0 Å². The fraction of sp³-hybridized carbons (Fsp3) is 0.208. The zero-order chi connectivity index (χ0) is 23.3. The number of pyridine rings is 1. The van der Waals surface area contributed by atoms with Crippen LogP contribution in [0.1, 0.15) is 34.7 Å². The van der Waals surface area contributed by atoms with Gasteiger partial charge in [-0.3, -0.25) is 9.59 Å². The lowest BCUT2D eigenvalue weighted by Crippen LogP contribution is -2.36. The first-order chi connectivity index (χ1) is 15.2. The standard InChI is InChI=1S/C24H24ClN3O4/c1-15-7-9-17(10-8-15)20(13-21(29)30)26-24(32)27-22-16(2)11-12-28(23(22)31)14-18-5-3-4-6-19(18)25/h3-12,20H,13-14H2,1-2H3,(H,29,30)(H2,26,27,32)/t20-/m0/s1. The number of carbonyl (C=O) groups excluding carboxylic acids is 1. The van der Waals surface area contributed by atoms with Crippen LogP contribution in [0, 0.1) is 13.8 Å². The molecule has 0 bridgehead atoms. The smallest absolute Gasteiger partial charge is 0.319 e. The Hall–Kier alpha value is -3.58. The summed E-state index contributed by atoms with van der Waals surface area (Å²) >= 11 is 6.21. The van der Waals surface area contributed by atoms with E-state index in [1.54, 1.807) is 37.4 Å². The fourth-order valence-electron chi connectivity index (χ4n) is 3.29. The number of carboxylic acid groups (broad SMARTS) is 1. The number of aromatic nitrogens is 1. The molecule has 3 aromatic rings. The van der Waals surface area contributed by atoms with Gasteiger partial charge < -0.3 is 20.3 Å². The van der Waals surface area contributed by atoms with Crippen molar-refractivity contribution in [2.75, 3.05) is 5.32 Å². The molecule has 0 spiro atoms. The van der Waals surface area contributed by atoms with Gasteiger partial charge >= 0.3 is 12.0 Å². The van der Waals surface area contributed by atoms with Crippen molar-refractivity contribution in [2.24, 2.45) is 0 Å². The predicted octanol–water partition coefficient (Wildman–Crippen LogP) is 4.50. The van der Waals surface area contributed by atoms with Crippen molar-refractivity contribution >= 4 is 29.3 Å². The van der Waals surface area contributed by atoms with Gasteiger partial charge in [0.25, 0.3) is 5.56 Å². The summed E-state index contributed by atoms with van der Waals surface area (Å²) in [4.78, 5) is 37.0. The number of carboxylic acids is 1. The van der Waals surface area contributed by atoms with Crippen LogP contribution in [0.5, 0.6) is 0 Å². The maximum Gasteiger partial charge on any atom is 0.319 e. The molecule has 2 amide bonds. The van der Waals surface area contributed by atoms with Gasteiger partial charge in [0.05, 0.1) is 19.0 Å². The number of carbonyl (C=O) groups is 2. The number of aryl methyl sites for hydroxylation is 2. The van der Waals surface area contributed by atoms with Crippen LogP contribution >= 0.6 is 11.6 Å². The molecule has 1 atom stereocenters. The average molecular weight is 454 g/mol. The van der Waals surface area contributed by atoms with Crippen molar-refractivity contribution in [1.29, 1.82) is 0 Å². The van der Waals surface area contributed by atoms with Crippen LogP contribution in [0.2, 0.25) is 5.02 Å². The third-order valence-electron chi connectivity index (χ3n) is 5.07. The van der Waals surface area contributed by atoms with E-state index in [2.05, 4.69) is 10.6 Å². The minimum Gasteiger partial charge on any atom is -0.481 e. The van der Waals surface area contributed by atoms with Crippen molar-refractivity contribution in [3.05, 3.63) is 98.4 Å². The van der Waals surface area contributed by atoms with Crippen LogP contribution in [-0.2, 0) is 11.3 Å². The molecule has 166 valence electrons. The fourth-order valence-corrected chi connectivity index (χ4v) is 3.48. The Labute approximate surface area is 190 Å². The Morgan fingerprint density at radius 1 is 1.06 bits per heavy atom. The van der Waals surface area contributed by atoms with Gasteiger partial charge in [-0.05, 0) is 42.7 Å². The number of amides is 2. The van der Waals surface area contributed by atoms with E-state index in [1.165, 1.54) is 4.57 Å². The second-order valence-corrected chi connectivity index (χ2v) is 7.97. The zero-order valence-corrected chi connectivity index (χ0v) is 18.5. The summed E-state index contributed by atoms with van der Waals surface area (Å²) in [6.07, 6.45) is 1.35. The second-order valence-electron chi connectivity index (χ2n) is 7.56. The van der Waals surface area contributed by atoms with Crippen molar-refractivity contribution in [2.45, 2.75) is 32.9 Å². The van der Waals surface area contributed by atoms with Gasteiger partial charge in [-0.25, -0.2) is 4.79 Å². The molecular weight excluding hydrogens is 430 g/mol. The van der Waals surface area contributed by atoms with E-state index >= 15 is 0 Å². The van der Waals surface area contributed by atoms with Crippen LogP contribution in [-0.4, -0.2) is 21.7 Å². The molecule has 32 heavy (non-hydrogen) atoms. The van der Waals surface area contributed by atoms with E-state index in [1.807, 2.05) is 37.3 Å². The number of aliphatic carboxylic acids is 1. The molecule has 2 aromatic carbocycles. The number of benzene rings is 2. The predicted molar refractivity (Wildman–Crippen MR) is 124 cm³/mol. The molecule has 0 unspecified atom stereocenters. The lowest BCUT2D eigenvalue weighted by Gasteiger charge is -2.19. The van der Waals surface area contributed by atoms with Gasteiger partial charge in [0.2, 0.25) is 0 Å². The minimum atomic E-state index is -1.05. The SMILES string of the molecule is Cc1ccc([C@H](CC(=O)O)NC(=O)Nc2c(C)ccn(Cc3ccccc3Cl)c2=O)cc1. The largest absolute Gasteiger partial charge is 0.481 e. The molecule has 3 rings (SSSR count). The summed E-state index contributed by atoms with van der Waals surface area (Å²) in [7, 11) is 0. The van der Waals surface area contributed by atoms with Crippen LogP contribution in [0.3, 0.4) is 0 Å². The van der Waals surface area contributed by atoms with E-state index < -0.39 is 18.0 Å². The van der Waals surface area contributed by atoms with Gasteiger partial charge in [-0.1, -0.05) is 59.6 Å². The lowest BCUT2D eigenvalue weighted by atomic mass is 10.0. The summed E-state index contributed by atoms with van der Waals surface area (Å²) in [6, 6.07) is 14.8. The molecule has 7 nitrogen and oxygen atoms in total. The lowest BCUT2D eigenvalue weighted by molar-refractivity contribution is -0.137. The Kier molecular flexibility index (Phi) is 7.33. The molecule has 0 saturated carbocycles. The van der Waals surface area contributed by atoms with Crippen molar-refractivity contribution in [3.63, 3.8) is 0 Å². The number of halogens is 1. The highest BCUT2D eigenvalue weighted by molar-refractivity contribution is 6.31. The highest BCUT2D eigenvalue weighted by atomic mass is 35.5. The molecule has 0 aliphatic carbocycles. The monoisotopic (exact) mass is 453 g/mol. The number of hydrogen-bond acceptors (Lipinski definition) is 3. The van der Waals surface area contributed by atoms with Gasteiger partial charge in [0, 0.05) is 11.2 Å². The van der Waals surface area contributed by atoms with E-state index in [0.29, 0.717) is 16.1 Å². The van der Waals surface area contributed by atoms with Crippen LogP contribution < -0.4 is 16.2 Å². The zero-order valence-electron chi connectivity index (χ0n) is 17.8. The van der Waals surface area contributed by atoms with Gasteiger partial charge in [0.15, 0.2) is 0 Å². The summed E-state index contributed by atoms with van der Waals surface area (Å²) in [5, 5.41) is 15.1. The normalized spacial score (nSPS) is 11.6.